The Morgan fingerprint density at radius 3 is 2.47 bits per heavy atom. The van der Waals surface area contributed by atoms with Crippen LogP contribution in [0.5, 0.6) is 0 Å². The summed E-state index contributed by atoms with van der Waals surface area (Å²) < 4.78 is 21.5. The molecule has 0 N–H and O–H groups in total. The van der Waals surface area contributed by atoms with Gasteiger partial charge in [0.1, 0.15) is 0 Å². The van der Waals surface area contributed by atoms with E-state index in [0.29, 0.717) is 38.3 Å². The summed E-state index contributed by atoms with van der Waals surface area (Å²) >= 11 is 0. The van der Waals surface area contributed by atoms with Crippen LogP contribution in [0.2, 0.25) is 0 Å². The highest BCUT2D eigenvalue weighted by Crippen LogP contribution is 2.39. The Bertz CT molecular complexity index is 1790. The highest BCUT2D eigenvalue weighted by Gasteiger charge is 2.50. The monoisotopic (exact) mass is 577 g/mol. The summed E-state index contributed by atoms with van der Waals surface area (Å²) in [5.41, 5.74) is 6.73. The molecule has 10 heteroatoms. The first-order valence-corrected chi connectivity index (χ1v) is 14.5. The lowest BCUT2D eigenvalue weighted by Crippen LogP contribution is -2.55. The van der Waals surface area contributed by atoms with Crippen LogP contribution in [0, 0.1) is 0 Å². The van der Waals surface area contributed by atoms with Gasteiger partial charge in [0.05, 0.1) is 34.6 Å². The molecule has 0 saturated heterocycles. The third kappa shape index (κ3) is 5.31. The van der Waals surface area contributed by atoms with E-state index in [-0.39, 0.29) is 0 Å². The summed E-state index contributed by atoms with van der Waals surface area (Å²) in [6, 6.07) is 21.8. The zero-order valence-corrected chi connectivity index (χ0v) is 23.6. The molecule has 0 saturated carbocycles. The number of carbonyl (C=O) groups is 2. The van der Waals surface area contributed by atoms with Crippen LogP contribution < -0.4 is 0 Å². The molecule has 218 valence electrons. The van der Waals surface area contributed by atoms with Gasteiger partial charge in [-0.15, -0.1) is 0 Å². The first-order valence-electron chi connectivity index (χ1n) is 14.5. The minimum Gasteiger partial charge on any atom is -0.401 e. The third-order valence-electron chi connectivity index (χ3n) is 7.97. The average Bonchev–Trinajstić information content (AvgIpc) is 3.55. The molecule has 2 aliphatic heterocycles. The fraction of sp³-hybridized carbons (Fsp3) is 0.273. The third-order valence-corrected chi connectivity index (χ3v) is 7.97. The first-order chi connectivity index (χ1) is 21.1. The second-order valence-electron chi connectivity index (χ2n) is 10.7. The number of hydrogen-bond donors (Lipinski definition) is 0. The lowest BCUT2D eigenvalue weighted by molar-refractivity contribution is -0.295. The van der Waals surface area contributed by atoms with E-state index in [0.717, 1.165) is 65.0 Å². The second-order valence-corrected chi connectivity index (χ2v) is 10.7. The molecule has 0 atom stereocenters. The molecule has 0 fully saturated rings. The van der Waals surface area contributed by atoms with Gasteiger partial charge in [-0.1, -0.05) is 30.3 Å². The van der Waals surface area contributed by atoms with Gasteiger partial charge in [0.15, 0.2) is 0 Å². The molecule has 1 aromatic carbocycles. The van der Waals surface area contributed by atoms with Gasteiger partial charge in [-0.2, -0.15) is 10.2 Å². The van der Waals surface area contributed by atoms with E-state index in [9.17, 15) is 9.59 Å². The van der Waals surface area contributed by atoms with Gasteiger partial charge in [0.25, 0.3) is 0 Å². The van der Waals surface area contributed by atoms with E-state index in [1.807, 2.05) is 80.9 Å². The Morgan fingerprint density at radius 1 is 0.860 bits per heavy atom. The van der Waals surface area contributed by atoms with Crippen molar-refractivity contribution in [2.45, 2.75) is 38.2 Å². The fourth-order valence-electron chi connectivity index (χ4n) is 5.96. The minimum atomic E-state index is -1.57. The number of aromatic nitrogens is 4. The smallest absolute Gasteiger partial charge is 0.349 e. The average molecular weight is 578 g/mol. The van der Waals surface area contributed by atoms with Crippen molar-refractivity contribution < 1.29 is 23.8 Å². The molecular formula is C33H31N5O5. The van der Waals surface area contributed by atoms with Gasteiger partial charge in [0, 0.05) is 56.2 Å². The van der Waals surface area contributed by atoms with Crippen molar-refractivity contribution in [2.75, 3.05) is 19.7 Å². The van der Waals surface area contributed by atoms with E-state index in [2.05, 4.69) is 12.1 Å². The Hall–Kier alpha value is -4.80. The molecule has 10 nitrogen and oxygen atoms in total. The van der Waals surface area contributed by atoms with Crippen molar-refractivity contribution in [3.63, 3.8) is 0 Å². The molecule has 0 aliphatic carbocycles. The number of unbranched alkanes of at least 4 members (excludes halogenated alkanes) is 1. The van der Waals surface area contributed by atoms with Gasteiger partial charge in [-0.3, -0.25) is 0 Å². The van der Waals surface area contributed by atoms with Crippen LogP contribution in [0.1, 0.15) is 40.9 Å². The van der Waals surface area contributed by atoms with Gasteiger partial charge < -0.3 is 14.2 Å². The van der Waals surface area contributed by atoms with Crippen molar-refractivity contribution in [2.24, 2.45) is 0 Å². The van der Waals surface area contributed by atoms with Gasteiger partial charge in [0.2, 0.25) is 0 Å². The van der Waals surface area contributed by atoms with Crippen molar-refractivity contribution in [1.82, 2.24) is 24.1 Å². The van der Waals surface area contributed by atoms with Crippen LogP contribution in [-0.4, -0.2) is 55.8 Å². The molecule has 5 aromatic rings. The standard InChI is InChI=1S/C33H31N5O5/c39-31-13-14-32(40)43-33(42-31)28-11-2-1-9-24(28)15-19-36(33)16-7-8-20-41-23-29-27(30-12-4-6-18-38(30)35-29)22-25-21-26-10-3-5-17-37(26)34-25/h1-6,9-14,17-18,21H,7-8,15-16,19-20,22-23H2. The Labute approximate surface area is 248 Å². The summed E-state index contributed by atoms with van der Waals surface area (Å²) in [6.45, 7) is 2.06. The largest absolute Gasteiger partial charge is 0.401 e. The van der Waals surface area contributed by atoms with Crippen LogP contribution in [0.3, 0.4) is 0 Å². The number of benzene rings is 1. The fourth-order valence-corrected chi connectivity index (χ4v) is 5.96. The van der Waals surface area contributed by atoms with E-state index in [4.69, 9.17) is 24.4 Å². The maximum absolute atomic E-state index is 12.5. The number of hydrogen-bond acceptors (Lipinski definition) is 8. The minimum absolute atomic E-state index is 0.381. The Balaban J connectivity index is 1.00. The highest BCUT2D eigenvalue weighted by molar-refractivity contribution is 5.93. The molecule has 6 heterocycles. The van der Waals surface area contributed by atoms with Crippen LogP contribution in [-0.2, 0) is 49.2 Å². The summed E-state index contributed by atoms with van der Waals surface area (Å²) in [7, 11) is 0. The van der Waals surface area contributed by atoms with Gasteiger partial charge in [-0.05, 0) is 61.2 Å². The number of pyridine rings is 2. The molecule has 0 amide bonds. The SMILES string of the molecule is O=C1C=CC(=O)OC2(O1)c1ccccc1CCN2CCCCOCc1nn2ccccc2c1Cc1cc2ccccn2n1. The number of nitrogens with zero attached hydrogens (tertiary/aromatic N) is 5. The molecule has 1 spiro atoms. The number of esters is 2. The summed E-state index contributed by atoms with van der Waals surface area (Å²) in [5, 5.41) is 9.54. The number of rotatable bonds is 9. The van der Waals surface area contributed by atoms with Gasteiger partial charge in [-0.25, -0.2) is 23.5 Å². The molecule has 0 bridgehead atoms. The number of ether oxygens (including phenoxy) is 3. The van der Waals surface area contributed by atoms with Crippen LogP contribution >= 0.6 is 0 Å². The normalized spacial score (nSPS) is 16.4. The van der Waals surface area contributed by atoms with Crippen molar-refractivity contribution >= 4 is 23.0 Å². The molecule has 0 unspecified atom stereocenters. The Morgan fingerprint density at radius 2 is 1.63 bits per heavy atom. The predicted molar refractivity (Wildman–Crippen MR) is 157 cm³/mol. The molecule has 2 aliphatic rings. The zero-order valence-electron chi connectivity index (χ0n) is 23.6. The molecule has 7 rings (SSSR count). The maximum Gasteiger partial charge on any atom is 0.349 e. The second kappa shape index (κ2) is 11.5. The van der Waals surface area contributed by atoms with Crippen molar-refractivity contribution in [3.8, 4) is 0 Å². The topological polar surface area (TPSA) is 99.7 Å². The van der Waals surface area contributed by atoms with Gasteiger partial charge >= 0.3 is 17.8 Å². The Kier molecular flexibility index (Phi) is 7.22. The van der Waals surface area contributed by atoms with E-state index in [1.54, 1.807) is 0 Å². The molecular weight excluding hydrogens is 546 g/mol. The predicted octanol–water partition coefficient (Wildman–Crippen LogP) is 4.19. The van der Waals surface area contributed by atoms with Crippen LogP contribution in [0.15, 0.2) is 91.3 Å². The molecule has 4 aromatic heterocycles. The van der Waals surface area contributed by atoms with E-state index >= 15 is 0 Å². The summed E-state index contributed by atoms with van der Waals surface area (Å²) in [5.74, 6) is -2.79. The van der Waals surface area contributed by atoms with Crippen molar-refractivity contribution in [3.05, 3.63) is 119 Å². The molecule has 43 heavy (non-hydrogen) atoms. The summed E-state index contributed by atoms with van der Waals surface area (Å²) in [4.78, 5) is 26.9. The lowest BCUT2D eigenvalue weighted by atomic mass is 9.95. The zero-order chi connectivity index (χ0) is 29.2. The highest BCUT2D eigenvalue weighted by atomic mass is 16.8. The van der Waals surface area contributed by atoms with E-state index in [1.165, 1.54) is 0 Å². The van der Waals surface area contributed by atoms with Crippen molar-refractivity contribution in [1.29, 1.82) is 0 Å². The number of fused-ring (bicyclic) bond motifs is 4. The maximum atomic E-state index is 12.5. The van der Waals surface area contributed by atoms with Crippen LogP contribution in [0.4, 0.5) is 0 Å². The molecule has 0 radical (unpaired) electrons. The van der Waals surface area contributed by atoms with Crippen LogP contribution in [0.25, 0.3) is 11.0 Å². The first kappa shape index (κ1) is 27.1. The summed E-state index contributed by atoms with van der Waals surface area (Å²) in [6.07, 6.45) is 9.06. The van der Waals surface area contributed by atoms with E-state index < -0.39 is 17.8 Å². The number of carbonyl (C=O) groups excluding carboxylic acids is 2. The lowest BCUT2D eigenvalue weighted by Gasteiger charge is -2.44. The quantitative estimate of drug-likeness (QED) is 0.190.